The van der Waals surface area contributed by atoms with Gasteiger partial charge in [0.25, 0.3) is 5.91 Å². The number of nitrogen functional groups attached to an aromatic ring is 1. The van der Waals surface area contributed by atoms with Crippen LogP contribution >= 0.6 is 23.2 Å². The van der Waals surface area contributed by atoms with Gasteiger partial charge in [0.2, 0.25) is 0 Å². The highest BCUT2D eigenvalue weighted by molar-refractivity contribution is 6.31. The standard InChI is InChI=1S/C14H11Cl2N3O3/c15-8-1-3-10(11(17)5-8)14(21)22-7-13(20)19-12-4-2-9(16)6-18-12/h1-6H,7,17H2,(H,18,19,20). The highest BCUT2D eigenvalue weighted by atomic mass is 35.5. The summed E-state index contributed by atoms with van der Waals surface area (Å²) in [6.45, 7) is -0.467. The molecule has 0 saturated heterocycles. The van der Waals surface area contributed by atoms with Crippen LogP contribution in [0.4, 0.5) is 11.5 Å². The quantitative estimate of drug-likeness (QED) is 0.659. The number of nitrogens with two attached hydrogens (primary N) is 1. The number of rotatable bonds is 4. The molecule has 0 saturated carbocycles. The second-order valence-corrected chi connectivity index (χ2v) is 5.09. The van der Waals surface area contributed by atoms with Crippen molar-refractivity contribution < 1.29 is 14.3 Å². The van der Waals surface area contributed by atoms with Crippen LogP contribution in [-0.4, -0.2) is 23.5 Å². The molecule has 22 heavy (non-hydrogen) atoms. The summed E-state index contributed by atoms with van der Waals surface area (Å²) in [7, 11) is 0. The number of nitrogens with zero attached hydrogens (tertiary/aromatic N) is 1. The first-order chi connectivity index (χ1) is 10.5. The summed E-state index contributed by atoms with van der Waals surface area (Å²) >= 11 is 11.4. The molecule has 8 heteroatoms. The largest absolute Gasteiger partial charge is 0.452 e. The molecule has 1 aromatic carbocycles. The first-order valence-electron chi connectivity index (χ1n) is 6.09. The van der Waals surface area contributed by atoms with Crippen LogP contribution in [0.25, 0.3) is 0 Å². The van der Waals surface area contributed by atoms with Gasteiger partial charge in [-0.15, -0.1) is 0 Å². The minimum Gasteiger partial charge on any atom is -0.452 e. The van der Waals surface area contributed by atoms with Gasteiger partial charge >= 0.3 is 5.97 Å². The lowest BCUT2D eigenvalue weighted by Crippen LogP contribution is -2.21. The fourth-order valence-corrected chi connectivity index (χ4v) is 1.85. The van der Waals surface area contributed by atoms with Gasteiger partial charge in [-0.05, 0) is 30.3 Å². The molecule has 0 spiro atoms. The lowest BCUT2D eigenvalue weighted by Gasteiger charge is -2.07. The average molecular weight is 340 g/mol. The number of halogens is 2. The maximum atomic E-state index is 11.8. The second-order valence-electron chi connectivity index (χ2n) is 4.22. The highest BCUT2D eigenvalue weighted by Crippen LogP contribution is 2.18. The lowest BCUT2D eigenvalue weighted by molar-refractivity contribution is -0.119. The SMILES string of the molecule is Nc1cc(Cl)ccc1C(=O)OCC(=O)Nc1ccc(Cl)cn1. The Balaban J connectivity index is 1.90. The molecule has 0 aliphatic rings. The zero-order valence-corrected chi connectivity index (χ0v) is 12.7. The third kappa shape index (κ3) is 4.34. The number of benzene rings is 1. The van der Waals surface area contributed by atoms with E-state index in [1.165, 1.54) is 30.5 Å². The van der Waals surface area contributed by atoms with Gasteiger partial charge in [-0.1, -0.05) is 23.2 Å². The molecule has 0 unspecified atom stereocenters. The number of esters is 1. The van der Waals surface area contributed by atoms with Crippen molar-refractivity contribution in [1.82, 2.24) is 4.98 Å². The maximum absolute atomic E-state index is 11.8. The fourth-order valence-electron chi connectivity index (χ4n) is 1.56. The van der Waals surface area contributed by atoms with Gasteiger partial charge in [-0.25, -0.2) is 9.78 Å². The van der Waals surface area contributed by atoms with Crippen LogP contribution in [0.1, 0.15) is 10.4 Å². The fraction of sp³-hybridized carbons (Fsp3) is 0.0714. The highest BCUT2D eigenvalue weighted by Gasteiger charge is 2.13. The number of anilines is 2. The summed E-state index contributed by atoms with van der Waals surface area (Å²) in [5.74, 6) is -0.944. The van der Waals surface area contributed by atoms with Crippen molar-refractivity contribution in [3.05, 3.63) is 52.1 Å². The first-order valence-corrected chi connectivity index (χ1v) is 6.85. The Kier molecular flexibility index (Phi) is 5.19. The van der Waals surface area contributed by atoms with Crippen LogP contribution in [0.5, 0.6) is 0 Å². The third-order valence-electron chi connectivity index (χ3n) is 2.56. The van der Waals surface area contributed by atoms with E-state index in [1.54, 1.807) is 6.07 Å². The molecule has 3 N–H and O–H groups in total. The first kappa shape index (κ1) is 16.1. The second kappa shape index (κ2) is 7.11. The number of hydrogen-bond donors (Lipinski definition) is 2. The molecular weight excluding hydrogens is 329 g/mol. The molecule has 2 rings (SSSR count). The van der Waals surface area contributed by atoms with Crippen molar-refractivity contribution >= 4 is 46.6 Å². The van der Waals surface area contributed by atoms with Crippen LogP contribution in [0, 0.1) is 0 Å². The Morgan fingerprint density at radius 2 is 1.91 bits per heavy atom. The van der Waals surface area contributed by atoms with Crippen molar-refractivity contribution in [2.24, 2.45) is 0 Å². The predicted molar refractivity (Wildman–Crippen MR) is 84.0 cm³/mol. The van der Waals surface area contributed by atoms with Crippen LogP contribution in [0.2, 0.25) is 10.0 Å². The third-order valence-corrected chi connectivity index (χ3v) is 3.02. The van der Waals surface area contributed by atoms with E-state index >= 15 is 0 Å². The Hall–Kier alpha value is -2.31. The van der Waals surface area contributed by atoms with Crippen molar-refractivity contribution in [3.8, 4) is 0 Å². The molecule has 2 aromatic rings. The van der Waals surface area contributed by atoms with Crippen molar-refractivity contribution in [2.45, 2.75) is 0 Å². The Labute approximate surface area is 136 Å². The van der Waals surface area contributed by atoms with Crippen LogP contribution in [-0.2, 0) is 9.53 Å². The number of nitrogens with one attached hydrogen (secondary N) is 1. The molecule has 6 nitrogen and oxygen atoms in total. The van der Waals surface area contributed by atoms with Gasteiger partial charge in [0.05, 0.1) is 10.6 Å². The Morgan fingerprint density at radius 1 is 1.18 bits per heavy atom. The normalized spacial score (nSPS) is 10.1. The van der Waals surface area contributed by atoms with E-state index in [0.29, 0.717) is 15.9 Å². The van der Waals surface area contributed by atoms with E-state index in [1.807, 2.05) is 0 Å². The number of amides is 1. The zero-order valence-electron chi connectivity index (χ0n) is 11.2. The molecule has 0 fully saturated rings. The Morgan fingerprint density at radius 3 is 2.55 bits per heavy atom. The summed E-state index contributed by atoms with van der Waals surface area (Å²) in [6, 6.07) is 7.46. The minimum absolute atomic E-state index is 0.141. The van der Waals surface area contributed by atoms with Crippen molar-refractivity contribution in [3.63, 3.8) is 0 Å². The number of aromatic nitrogens is 1. The molecule has 114 valence electrons. The van der Waals surface area contributed by atoms with E-state index in [0.717, 1.165) is 0 Å². The number of pyridine rings is 1. The summed E-state index contributed by atoms with van der Waals surface area (Å²) in [6.07, 6.45) is 1.39. The molecule has 1 heterocycles. The maximum Gasteiger partial charge on any atom is 0.340 e. The predicted octanol–water partition coefficient (Wildman–Crippen LogP) is 2.77. The van der Waals surface area contributed by atoms with Crippen molar-refractivity contribution in [2.75, 3.05) is 17.7 Å². The van der Waals surface area contributed by atoms with Gasteiger partial charge in [0.1, 0.15) is 5.82 Å². The van der Waals surface area contributed by atoms with E-state index in [2.05, 4.69) is 10.3 Å². The smallest absolute Gasteiger partial charge is 0.340 e. The van der Waals surface area contributed by atoms with Gasteiger partial charge in [0, 0.05) is 16.9 Å². The number of carbonyl (C=O) groups is 2. The summed E-state index contributed by atoms with van der Waals surface area (Å²) < 4.78 is 4.88. The molecule has 0 aliphatic carbocycles. The zero-order chi connectivity index (χ0) is 16.1. The number of hydrogen-bond acceptors (Lipinski definition) is 5. The molecule has 0 radical (unpaired) electrons. The monoisotopic (exact) mass is 339 g/mol. The molecule has 0 atom stereocenters. The van der Waals surface area contributed by atoms with Gasteiger partial charge < -0.3 is 15.8 Å². The number of carbonyl (C=O) groups excluding carboxylic acids is 2. The molecule has 1 aromatic heterocycles. The van der Waals surface area contributed by atoms with Crippen LogP contribution < -0.4 is 11.1 Å². The van der Waals surface area contributed by atoms with Gasteiger partial charge in [0.15, 0.2) is 6.61 Å². The molecule has 1 amide bonds. The lowest BCUT2D eigenvalue weighted by atomic mass is 10.2. The molecular formula is C14H11Cl2N3O3. The van der Waals surface area contributed by atoms with E-state index in [9.17, 15) is 9.59 Å². The summed E-state index contributed by atoms with van der Waals surface area (Å²) in [5, 5.41) is 3.31. The number of ether oxygens (including phenoxy) is 1. The van der Waals surface area contributed by atoms with Crippen LogP contribution in [0.15, 0.2) is 36.5 Å². The van der Waals surface area contributed by atoms with Gasteiger partial charge in [-0.3, -0.25) is 4.79 Å². The minimum atomic E-state index is -0.714. The topological polar surface area (TPSA) is 94.3 Å². The van der Waals surface area contributed by atoms with Gasteiger partial charge in [-0.2, -0.15) is 0 Å². The Bertz CT molecular complexity index is 705. The van der Waals surface area contributed by atoms with E-state index < -0.39 is 18.5 Å². The summed E-state index contributed by atoms with van der Waals surface area (Å²) in [4.78, 5) is 27.4. The average Bonchev–Trinajstić information content (AvgIpc) is 2.47. The van der Waals surface area contributed by atoms with Crippen molar-refractivity contribution in [1.29, 1.82) is 0 Å². The summed E-state index contributed by atoms with van der Waals surface area (Å²) in [5.41, 5.74) is 5.98. The van der Waals surface area contributed by atoms with E-state index in [4.69, 9.17) is 33.7 Å². The van der Waals surface area contributed by atoms with Crippen LogP contribution in [0.3, 0.4) is 0 Å². The molecule has 0 aliphatic heterocycles. The molecule has 0 bridgehead atoms. The van der Waals surface area contributed by atoms with E-state index in [-0.39, 0.29) is 11.3 Å².